The van der Waals surface area contributed by atoms with E-state index < -0.39 is 23.4 Å². The maximum atomic E-state index is 12.7. The number of para-hydroxylation sites is 1. The van der Waals surface area contributed by atoms with E-state index in [1.165, 1.54) is 11.3 Å². The van der Waals surface area contributed by atoms with Gasteiger partial charge >= 0.3 is 6.03 Å². The Morgan fingerprint density at radius 2 is 2.00 bits per heavy atom. The lowest BCUT2D eigenvalue weighted by Gasteiger charge is -2.19. The Kier molecular flexibility index (Phi) is 4.19. The zero-order valence-corrected chi connectivity index (χ0v) is 16.5. The Morgan fingerprint density at radius 3 is 2.64 bits per heavy atom. The molecule has 2 aromatic heterocycles. The third-order valence-corrected chi connectivity index (χ3v) is 6.06. The van der Waals surface area contributed by atoms with Crippen LogP contribution in [-0.4, -0.2) is 38.2 Å². The predicted molar refractivity (Wildman–Crippen MR) is 105 cm³/mol. The summed E-state index contributed by atoms with van der Waals surface area (Å²) in [7, 11) is 0. The lowest BCUT2D eigenvalue weighted by atomic mass is 10.00. The molecule has 3 aromatic rings. The largest absolute Gasteiger partial charge is 0.344 e. The summed E-state index contributed by atoms with van der Waals surface area (Å²) >= 11 is 1.26. The highest BCUT2D eigenvalue weighted by molar-refractivity contribution is 7.20. The van der Waals surface area contributed by atoms with Gasteiger partial charge in [0.05, 0.1) is 16.3 Å². The number of urea groups is 1. The summed E-state index contributed by atoms with van der Waals surface area (Å²) in [5.74, 6) is -0.981. The number of hydrazine groups is 1. The van der Waals surface area contributed by atoms with Gasteiger partial charge in [-0.2, -0.15) is 10.1 Å². The summed E-state index contributed by atoms with van der Waals surface area (Å²) in [6, 6.07) is 10.7. The van der Waals surface area contributed by atoms with Gasteiger partial charge in [-0.05, 0) is 38.5 Å². The van der Waals surface area contributed by atoms with Crippen molar-refractivity contribution in [1.82, 2.24) is 25.5 Å². The molecule has 2 N–H and O–H groups in total. The van der Waals surface area contributed by atoms with Crippen LogP contribution >= 0.6 is 11.3 Å². The third kappa shape index (κ3) is 2.75. The fourth-order valence-electron chi connectivity index (χ4n) is 3.09. The van der Waals surface area contributed by atoms with Gasteiger partial charge < -0.3 is 5.32 Å². The van der Waals surface area contributed by atoms with E-state index in [-0.39, 0.29) is 0 Å². The van der Waals surface area contributed by atoms with Crippen molar-refractivity contribution >= 4 is 39.4 Å². The molecule has 1 unspecified atom stereocenters. The quantitative estimate of drug-likeness (QED) is 0.662. The molecule has 144 valence electrons. The van der Waals surface area contributed by atoms with Gasteiger partial charge in [0.15, 0.2) is 0 Å². The van der Waals surface area contributed by atoms with Crippen LogP contribution in [0.2, 0.25) is 0 Å². The number of carbonyl (C=O) groups is 3. The number of hydrogen-bond acceptors (Lipinski definition) is 5. The van der Waals surface area contributed by atoms with Crippen LogP contribution in [0.25, 0.3) is 15.9 Å². The standard InChI is InChI=1S/C19H19N5O3S/c1-4-19(3)17(26)24(18(27)20-19)22-15(25)14-10-13-11(2)21-23(16(13)28-14)12-8-6-5-7-9-12/h5-10H,4H2,1-3H3,(H,20,27)(H,22,25). The number of nitrogens with one attached hydrogen (secondary N) is 2. The van der Waals surface area contributed by atoms with Crippen LogP contribution in [0.5, 0.6) is 0 Å². The van der Waals surface area contributed by atoms with Gasteiger partial charge in [-0.3, -0.25) is 15.0 Å². The second kappa shape index (κ2) is 6.45. The molecule has 1 aromatic carbocycles. The van der Waals surface area contributed by atoms with Gasteiger partial charge in [0, 0.05) is 5.39 Å². The first kappa shape index (κ1) is 18.2. The molecule has 0 saturated carbocycles. The van der Waals surface area contributed by atoms with Gasteiger partial charge in [-0.25, -0.2) is 9.48 Å². The normalized spacial score (nSPS) is 19.3. The van der Waals surface area contributed by atoms with Crippen molar-refractivity contribution in [2.75, 3.05) is 0 Å². The van der Waals surface area contributed by atoms with Crippen molar-refractivity contribution in [3.8, 4) is 5.69 Å². The molecular formula is C19H19N5O3S. The third-order valence-electron chi connectivity index (χ3n) is 4.95. The van der Waals surface area contributed by atoms with Gasteiger partial charge in [-0.1, -0.05) is 25.1 Å². The van der Waals surface area contributed by atoms with Crippen molar-refractivity contribution in [3.05, 3.63) is 47.0 Å². The Balaban J connectivity index is 1.64. The molecule has 9 heteroatoms. The molecule has 3 heterocycles. The van der Waals surface area contributed by atoms with Crippen LogP contribution in [0.3, 0.4) is 0 Å². The average molecular weight is 397 g/mol. The number of rotatable bonds is 4. The van der Waals surface area contributed by atoms with E-state index >= 15 is 0 Å². The van der Waals surface area contributed by atoms with E-state index in [0.717, 1.165) is 26.6 Å². The highest BCUT2D eigenvalue weighted by Gasteiger charge is 2.47. The summed E-state index contributed by atoms with van der Waals surface area (Å²) < 4.78 is 1.79. The summed E-state index contributed by atoms with van der Waals surface area (Å²) in [6.07, 6.45) is 0.430. The number of nitrogens with zero attached hydrogens (tertiary/aromatic N) is 3. The lowest BCUT2D eigenvalue weighted by molar-refractivity contribution is -0.132. The van der Waals surface area contributed by atoms with E-state index in [4.69, 9.17) is 0 Å². The molecule has 1 aliphatic heterocycles. The second-order valence-corrected chi connectivity index (χ2v) is 7.89. The molecule has 1 fully saturated rings. The van der Waals surface area contributed by atoms with Crippen LogP contribution < -0.4 is 10.7 Å². The maximum absolute atomic E-state index is 12.7. The minimum atomic E-state index is -1.01. The van der Waals surface area contributed by atoms with Gasteiger partial charge in [0.1, 0.15) is 10.4 Å². The fourth-order valence-corrected chi connectivity index (χ4v) is 4.16. The number of benzene rings is 1. The topological polar surface area (TPSA) is 96.3 Å². The summed E-state index contributed by atoms with van der Waals surface area (Å²) in [4.78, 5) is 38.5. The van der Waals surface area contributed by atoms with E-state index in [0.29, 0.717) is 11.3 Å². The monoisotopic (exact) mass is 397 g/mol. The van der Waals surface area contributed by atoms with Crippen LogP contribution in [0, 0.1) is 6.92 Å². The van der Waals surface area contributed by atoms with E-state index in [1.54, 1.807) is 24.6 Å². The molecule has 8 nitrogen and oxygen atoms in total. The number of aryl methyl sites for hydroxylation is 1. The summed E-state index contributed by atoms with van der Waals surface area (Å²) in [5, 5.41) is 8.77. The zero-order valence-electron chi connectivity index (χ0n) is 15.6. The molecule has 4 amide bonds. The van der Waals surface area contributed by atoms with Crippen molar-refractivity contribution in [3.63, 3.8) is 0 Å². The van der Waals surface area contributed by atoms with Crippen molar-refractivity contribution in [2.45, 2.75) is 32.7 Å². The van der Waals surface area contributed by atoms with Gasteiger partial charge in [0.25, 0.3) is 11.8 Å². The zero-order chi connectivity index (χ0) is 20.1. The van der Waals surface area contributed by atoms with Crippen molar-refractivity contribution in [1.29, 1.82) is 0 Å². The number of imide groups is 1. The minimum absolute atomic E-state index is 0.394. The highest BCUT2D eigenvalue weighted by atomic mass is 32.1. The Morgan fingerprint density at radius 1 is 1.29 bits per heavy atom. The van der Waals surface area contributed by atoms with E-state index in [2.05, 4.69) is 15.8 Å². The molecule has 0 bridgehead atoms. The molecule has 0 spiro atoms. The smallest absolute Gasteiger partial charge is 0.322 e. The second-order valence-electron chi connectivity index (χ2n) is 6.86. The fraction of sp³-hybridized carbons (Fsp3) is 0.263. The van der Waals surface area contributed by atoms with Gasteiger partial charge in [-0.15, -0.1) is 11.3 Å². The molecule has 4 rings (SSSR count). The number of hydrogen-bond donors (Lipinski definition) is 2. The number of thiophene rings is 1. The molecule has 1 saturated heterocycles. The van der Waals surface area contributed by atoms with Crippen molar-refractivity contribution < 1.29 is 14.4 Å². The van der Waals surface area contributed by atoms with Crippen LogP contribution in [0.4, 0.5) is 4.79 Å². The molecule has 28 heavy (non-hydrogen) atoms. The molecule has 0 aliphatic carbocycles. The summed E-state index contributed by atoms with van der Waals surface area (Å²) in [5.41, 5.74) is 3.11. The Bertz CT molecular complexity index is 1100. The van der Waals surface area contributed by atoms with Crippen LogP contribution in [0.1, 0.15) is 35.6 Å². The van der Waals surface area contributed by atoms with Crippen LogP contribution in [-0.2, 0) is 4.79 Å². The Hall–Kier alpha value is -3.20. The van der Waals surface area contributed by atoms with Crippen molar-refractivity contribution in [2.24, 2.45) is 0 Å². The first-order valence-electron chi connectivity index (χ1n) is 8.86. The van der Waals surface area contributed by atoms with Crippen LogP contribution in [0.15, 0.2) is 36.4 Å². The van der Waals surface area contributed by atoms with E-state index in [9.17, 15) is 14.4 Å². The molecule has 1 atom stereocenters. The lowest BCUT2D eigenvalue weighted by Crippen LogP contribution is -2.48. The minimum Gasteiger partial charge on any atom is -0.322 e. The first-order valence-corrected chi connectivity index (χ1v) is 9.68. The number of amides is 4. The molecule has 1 aliphatic rings. The molecule has 0 radical (unpaired) electrons. The number of fused-ring (bicyclic) bond motifs is 1. The average Bonchev–Trinajstić information content (AvgIpc) is 3.32. The van der Waals surface area contributed by atoms with E-state index in [1.807, 2.05) is 37.3 Å². The Labute approximate surface area is 165 Å². The highest BCUT2D eigenvalue weighted by Crippen LogP contribution is 2.30. The molecular weight excluding hydrogens is 378 g/mol. The van der Waals surface area contributed by atoms with Gasteiger partial charge in [0.2, 0.25) is 0 Å². The SMILES string of the molecule is CCC1(C)NC(=O)N(NC(=O)c2cc3c(C)nn(-c4ccccc4)c3s2)C1=O. The predicted octanol–water partition coefficient (Wildman–Crippen LogP) is 2.76. The maximum Gasteiger partial charge on any atom is 0.344 e. The summed E-state index contributed by atoms with van der Waals surface area (Å²) in [6.45, 7) is 5.31. The number of carbonyl (C=O) groups excluding carboxylic acids is 3. The first-order chi connectivity index (χ1) is 13.3. The number of aromatic nitrogens is 2.